The van der Waals surface area contributed by atoms with Gasteiger partial charge in [-0.2, -0.15) is 0 Å². The molecule has 0 heterocycles. The fourth-order valence-corrected chi connectivity index (χ4v) is 5.75. The first-order valence-electron chi connectivity index (χ1n) is 8.84. The minimum atomic E-state index is -0.451. The van der Waals surface area contributed by atoms with Crippen LogP contribution in [-0.4, -0.2) is 5.97 Å². The number of rotatable bonds is 6. The Morgan fingerprint density at radius 3 is 1.79 bits per heavy atom. The number of esters is 1. The van der Waals surface area contributed by atoms with Gasteiger partial charge in [0, 0.05) is 19.9 Å². The van der Waals surface area contributed by atoms with Crippen molar-refractivity contribution in [3.63, 3.8) is 0 Å². The van der Waals surface area contributed by atoms with Crippen LogP contribution >= 0.6 is 63.7 Å². The highest BCUT2D eigenvalue weighted by Crippen LogP contribution is 2.42. The predicted molar refractivity (Wildman–Crippen MR) is 130 cm³/mol. The van der Waals surface area contributed by atoms with Crippen molar-refractivity contribution in [2.45, 2.75) is 46.0 Å². The number of hydrogen-bond acceptors (Lipinski definition) is 2. The van der Waals surface area contributed by atoms with Crippen molar-refractivity contribution < 1.29 is 9.53 Å². The summed E-state index contributed by atoms with van der Waals surface area (Å²) in [4.78, 5) is 11.9. The average molecular weight is 638 g/mol. The van der Waals surface area contributed by atoms with E-state index in [0.29, 0.717) is 20.3 Å². The van der Waals surface area contributed by atoms with Crippen molar-refractivity contribution in [1.29, 1.82) is 0 Å². The van der Waals surface area contributed by atoms with Gasteiger partial charge in [0.25, 0.3) is 0 Å². The lowest BCUT2D eigenvalue weighted by atomic mass is 9.78. The largest absolute Gasteiger partial charge is 0.421 e. The number of ether oxygens (including phenoxy) is 1. The lowest BCUT2D eigenvalue weighted by Gasteiger charge is -2.28. The molecule has 0 spiro atoms. The molecule has 0 atom stereocenters. The summed E-state index contributed by atoms with van der Waals surface area (Å²) in [5.74, 6) is 0.000916. The van der Waals surface area contributed by atoms with Crippen molar-refractivity contribution in [3.8, 4) is 5.75 Å². The third kappa shape index (κ3) is 5.18. The van der Waals surface area contributed by atoms with E-state index >= 15 is 0 Å². The van der Waals surface area contributed by atoms with Crippen LogP contribution in [0, 0.1) is 0 Å². The van der Waals surface area contributed by atoms with Gasteiger partial charge in [-0.05, 0) is 86.2 Å². The molecule has 0 saturated carbocycles. The van der Waals surface area contributed by atoms with Crippen LogP contribution in [0.25, 0.3) is 0 Å². The molecule has 0 radical (unpaired) electrons. The third-order valence-electron chi connectivity index (χ3n) is 4.63. The Balaban J connectivity index is 2.49. The van der Waals surface area contributed by atoms with Crippen molar-refractivity contribution in [2.75, 3.05) is 0 Å². The molecule has 0 N–H and O–H groups in total. The van der Waals surface area contributed by atoms with E-state index < -0.39 is 5.97 Å². The van der Waals surface area contributed by atoms with Crippen LogP contribution in [0.2, 0.25) is 0 Å². The minimum absolute atomic E-state index is 0.266. The summed E-state index contributed by atoms with van der Waals surface area (Å²) in [6, 6.07) is 8.36. The second kappa shape index (κ2) is 9.59. The zero-order chi connectivity index (χ0) is 21.2. The lowest BCUT2D eigenvalue weighted by molar-refractivity contribution is -0.130. The topological polar surface area (TPSA) is 26.3 Å². The van der Waals surface area contributed by atoms with E-state index in [0.717, 1.165) is 27.4 Å². The molecule has 0 saturated heterocycles. The third-order valence-corrected chi connectivity index (χ3v) is 7.22. The molecule has 2 aromatic carbocycles. The van der Waals surface area contributed by atoms with Crippen molar-refractivity contribution >= 4 is 69.7 Å². The molecule has 0 aliphatic heterocycles. The van der Waals surface area contributed by atoms with Gasteiger partial charge in [0.15, 0.2) is 5.75 Å². The zero-order valence-electron chi connectivity index (χ0n) is 16.3. The fraction of sp³-hybridized carbons (Fsp3) is 0.318. The van der Waals surface area contributed by atoms with Crippen molar-refractivity contribution in [2.24, 2.45) is 0 Å². The molecule has 2 aromatic rings. The Morgan fingerprint density at radius 2 is 1.39 bits per heavy atom. The summed E-state index contributed by atoms with van der Waals surface area (Å²) in [5, 5.41) is 0. The van der Waals surface area contributed by atoms with Gasteiger partial charge in [0.05, 0.1) is 8.95 Å². The molecule has 0 fully saturated rings. The van der Waals surface area contributed by atoms with Crippen LogP contribution in [0.4, 0.5) is 0 Å². The Kier molecular flexibility index (Phi) is 8.16. The molecular formula is C22H22Br4O2. The minimum Gasteiger partial charge on any atom is -0.421 e. The van der Waals surface area contributed by atoms with Crippen LogP contribution < -0.4 is 4.74 Å². The van der Waals surface area contributed by atoms with Gasteiger partial charge < -0.3 is 4.74 Å². The van der Waals surface area contributed by atoms with E-state index in [9.17, 15) is 4.79 Å². The number of halogens is 4. The normalized spacial score (nSPS) is 11.4. The Labute approximate surface area is 200 Å². The first-order valence-corrected chi connectivity index (χ1v) is 12.0. The standard InChI is InChI=1S/C22H22Br4O2/c1-6-7-15-16(23)8-13(9-17(15)24)22(4,5)14-10-18(25)20(19(26)11-14)28-21(27)12(2)3/h8-11H,2,6-7H2,1,3-5H3. The lowest BCUT2D eigenvalue weighted by Crippen LogP contribution is -2.20. The predicted octanol–water partition coefficient (Wildman–Crippen LogP) is 8.50. The van der Waals surface area contributed by atoms with E-state index in [1.54, 1.807) is 6.92 Å². The van der Waals surface area contributed by atoms with Crippen LogP contribution in [-0.2, 0) is 16.6 Å². The number of carbonyl (C=O) groups excluding carboxylic acids is 1. The van der Waals surface area contributed by atoms with E-state index in [-0.39, 0.29) is 5.41 Å². The maximum absolute atomic E-state index is 11.9. The van der Waals surface area contributed by atoms with Gasteiger partial charge in [-0.3, -0.25) is 0 Å². The van der Waals surface area contributed by atoms with Gasteiger partial charge in [0.1, 0.15) is 0 Å². The zero-order valence-corrected chi connectivity index (χ0v) is 22.6. The molecule has 28 heavy (non-hydrogen) atoms. The fourth-order valence-electron chi connectivity index (χ4n) is 2.82. The number of carbonyl (C=O) groups is 1. The molecule has 0 bridgehead atoms. The molecule has 150 valence electrons. The molecule has 0 aromatic heterocycles. The van der Waals surface area contributed by atoms with E-state index in [2.05, 4.69) is 103 Å². The molecular weight excluding hydrogens is 616 g/mol. The van der Waals surface area contributed by atoms with Gasteiger partial charge in [-0.15, -0.1) is 0 Å². The van der Waals surface area contributed by atoms with Crippen molar-refractivity contribution in [3.05, 3.63) is 71.0 Å². The number of benzene rings is 2. The van der Waals surface area contributed by atoms with E-state index in [1.165, 1.54) is 11.1 Å². The SMILES string of the molecule is C=C(C)C(=O)Oc1c(Br)cc(C(C)(C)c2cc(Br)c(CCC)c(Br)c2)cc1Br. The second-order valence-electron chi connectivity index (χ2n) is 7.23. The van der Waals surface area contributed by atoms with E-state index in [1.807, 2.05) is 12.1 Å². The maximum atomic E-state index is 11.9. The highest BCUT2D eigenvalue weighted by Gasteiger charge is 2.27. The van der Waals surface area contributed by atoms with Crippen molar-refractivity contribution in [1.82, 2.24) is 0 Å². The second-order valence-corrected chi connectivity index (χ2v) is 10.6. The molecule has 0 unspecified atom stereocenters. The molecule has 0 aliphatic carbocycles. The van der Waals surface area contributed by atoms with Crippen LogP contribution in [0.1, 0.15) is 50.8 Å². The number of hydrogen-bond donors (Lipinski definition) is 0. The highest BCUT2D eigenvalue weighted by atomic mass is 79.9. The van der Waals surface area contributed by atoms with Crippen LogP contribution in [0.15, 0.2) is 54.3 Å². The molecule has 6 heteroatoms. The van der Waals surface area contributed by atoms with Crippen LogP contribution in [0.3, 0.4) is 0 Å². The Bertz CT molecular complexity index is 886. The summed E-state index contributed by atoms with van der Waals surface area (Å²) in [5.41, 5.74) is 3.63. The quantitative estimate of drug-likeness (QED) is 0.180. The van der Waals surface area contributed by atoms with Gasteiger partial charge >= 0.3 is 5.97 Å². The molecule has 2 rings (SSSR count). The van der Waals surface area contributed by atoms with E-state index in [4.69, 9.17) is 4.74 Å². The van der Waals surface area contributed by atoms with Gasteiger partial charge in [-0.1, -0.05) is 65.6 Å². The smallest absolute Gasteiger partial charge is 0.338 e. The molecule has 0 aliphatic rings. The first-order chi connectivity index (χ1) is 13.0. The van der Waals surface area contributed by atoms with Gasteiger partial charge in [-0.25, -0.2) is 4.79 Å². The monoisotopic (exact) mass is 634 g/mol. The summed E-state index contributed by atoms with van der Waals surface area (Å²) in [7, 11) is 0. The Morgan fingerprint density at radius 1 is 0.964 bits per heavy atom. The summed E-state index contributed by atoms with van der Waals surface area (Å²) in [6.07, 6.45) is 2.10. The first kappa shape index (κ1) is 23.8. The highest BCUT2D eigenvalue weighted by molar-refractivity contribution is 9.11. The summed E-state index contributed by atoms with van der Waals surface area (Å²) in [6.45, 7) is 11.8. The molecule has 2 nitrogen and oxygen atoms in total. The summed E-state index contributed by atoms with van der Waals surface area (Å²) >= 11 is 14.6. The average Bonchev–Trinajstić information content (AvgIpc) is 2.60. The van der Waals surface area contributed by atoms with Gasteiger partial charge in [0.2, 0.25) is 0 Å². The summed E-state index contributed by atoms with van der Waals surface area (Å²) < 4.78 is 9.08. The van der Waals surface area contributed by atoms with Crippen LogP contribution in [0.5, 0.6) is 5.75 Å². The molecule has 0 amide bonds. The Hall–Kier alpha value is -0.430. The maximum Gasteiger partial charge on any atom is 0.338 e.